The van der Waals surface area contributed by atoms with Crippen molar-refractivity contribution < 1.29 is 27.4 Å². The number of anilines is 1. The van der Waals surface area contributed by atoms with Crippen LogP contribution in [0.5, 0.6) is 5.88 Å². The molecule has 8 heteroatoms. The van der Waals surface area contributed by atoms with Crippen LogP contribution in [0.4, 0.5) is 18.9 Å². The second kappa shape index (κ2) is 5.62. The van der Waals surface area contributed by atoms with Gasteiger partial charge in [-0.2, -0.15) is 13.2 Å². The molecule has 0 radical (unpaired) electrons. The first kappa shape index (κ1) is 13.9. The van der Waals surface area contributed by atoms with Gasteiger partial charge in [-0.15, -0.1) is 0 Å². The van der Waals surface area contributed by atoms with Gasteiger partial charge in [-0.1, -0.05) is 0 Å². The molecule has 1 saturated heterocycles. The fourth-order valence-corrected chi connectivity index (χ4v) is 1.56. The summed E-state index contributed by atoms with van der Waals surface area (Å²) in [4.78, 5) is 3.37. The molecular weight excluding hydrogens is 265 g/mol. The zero-order valence-electron chi connectivity index (χ0n) is 9.94. The van der Waals surface area contributed by atoms with E-state index in [1.165, 1.54) is 6.07 Å². The number of nitrogen functional groups attached to an aromatic ring is 1. The van der Waals surface area contributed by atoms with Crippen LogP contribution in [0, 0.1) is 0 Å². The average molecular weight is 278 g/mol. The van der Waals surface area contributed by atoms with E-state index in [0.717, 1.165) is 6.07 Å². The summed E-state index contributed by atoms with van der Waals surface area (Å²) in [7, 11) is 0. The van der Waals surface area contributed by atoms with Crippen molar-refractivity contribution in [3.8, 4) is 5.88 Å². The van der Waals surface area contributed by atoms with E-state index in [2.05, 4.69) is 4.98 Å². The third-order valence-corrected chi connectivity index (χ3v) is 2.42. The average Bonchev–Trinajstić information content (AvgIpc) is 2.36. The number of aromatic nitrogens is 1. The number of alkyl halides is 3. The molecule has 0 saturated carbocycles. The first-order valence-electron chi connectivity index (χ1n) is 5.62. The molecule has 1 aromatic rings. The van der Waals surface area contributed by atoms with Crippen LogP contribution in [0.1, 0.15) is 5.69 Å². The van der Waals surface area contributed by atoms with Crippen molar-refractivity contribution in [3.05, 3.63) is 17.8 Å². The number of halogens is 3. The zero-order chi connectivity index (χ0) is 13.9. The van der Waals surface area contributed by atoms with Crippen molar-refractivity contribution >= 4 is 5.69 Å². The predicted molar refractivity (Wildman–Crippen MR) is 59.7 cm³/mol. The Morgan fingerprint density at radius 2 is 2.16 bits per heavy atom. The number of nitrogens with two attached hydrogens (primary N) is 1. The lowest BCUT2D eigenvalue weighted by Gasteiger charge is -2.22. The molecule has 1 aliphatic heterocycles. The van der Waals surface area contributed by atoms with Gasteiger partial charge in [0.25, 0.3) is 0 Å². The van der Waals surface area contributed by atoms with Gasteiger partial charge in [-0.05, 0) is 6.07 Å². The number of hydrogen-bond donors (Lipinski definition) is 1. The highest BCUT2D eigenvalue weighted by atomic mass is 19.4. The lowest BCUT2D eigenvalue weighted by atomic mass is 10.3. The van der Waals surface area contributed by atoms with Gasteiger partial charge in [-0.3, -0.25) is 0 Å². The van der Waals surface area contributed by atoms with E-state index >= 15 is 0 Å². The van der Waals surface area contributed by atoms with Gasteiger partial charge in [0.05, 0.1) is 19.8 Å². The Morgan fingerprint density at radius 3 is 2.79 bits per heavy atom. The van der Waals surface area contributed by atoms with Crippen molar-refractivity contribution in [2.75, 3.05) is 32.2 Å². The molecule has 1 unspecified atom stereocenters. The van der Waals surface area contributed by atoms with Crippen molar-refractivity contribution in [1.82, 2.24) is 4.98 Å². The van der Waals surface area contributed by atoms with Crippen molar-refractivity contribution in [1.29, 1.82) is 0 Å². The van der Waals surface area contributed by atoms with Gasteiger partial charge in [-0.25, -0.2) is 4.98 Å². The lowest BCUT2D eigenvalue weighted by molar-refractivity contribution is -0.141. The molecule has 0 aliphatic carbocycles. The molecule has 0 spiro atoms. The maximum absolute atomic E-state index is 12.5. The Morgan fingerprint density at radius 1 is 1.37 bits per heavy atom. The van der Waals surface area contributed by atoms with Crippen LogP contribution >= 0.6 is 0 Å². The van der Waals surface area contributed by atoms with Crippen LogP contribution in [0.25, 0.3) is 0 Å². The summed E-state index contributed by atoms with van der Waals surface area (Å²) in [6.45, 7) is 1.35. The first-order chi connectivity index (χ1) is 8.95. The van der Waals surface area contributed by atoms with Gasteiger partial charge in [0.15, 0.2) is 5.69 Å². The fourth-order valence-electron chi connectivity index (χ4n) is 1.56. The summed E-state index contributed by atoms with van der Waals surface area (Å²) in [6.07, 6.45) is -4.87. The molecular formula is C11H13F3N2O3. The van der Waals surface area contributed by atoms with E-state index < -0.39 is 11.9 Å². The standard InChI is InChI=1S/C11H13F3N2O3/c12-11(13,14)9-3-7(15)4-10(16-9)19-6-8-5-17-1-2-18-8/h3-4,8H,1-2,5-6H2,(H2,15,16). The maximum Gasteiger partial charge on any atom is 0.433 e. The van der Waals surface area contributed by atoms with E-state index in [1.807, 2.05) is 0 Å². The molecule has 5 nitrogen and oxygen atoms in total. The number of rotatable bonds is 3. The SMILES string of the molecule is Nc1cc(OCC2COCCO2)nc(C(F)(F)F)c1. The Bertz CT molecular complexity index is 434. The molecule has 0 aromatic carbocycles. The summed E-state index contributed by atoms with van der Waals surface area (Å²) in [5, 5.41) is 0. The number of nitrogens with zero attached hydrogens (tertiary/aromatic N) is 1. The number of ether oxygens (including phenoxy) is 3. The van der Waals surface area contributed by atoms with Crippen molar-refractivity contribution in [2.45, 2.75) is 12.3 Å². The molecule has 2 N–H and O–H groups in total. The van der Waals surface area contributed by atoms with Crippen LogP contribution in [-0.4, -0.2) is 37.5 Å². The van der Waals surface area contributed by atoms with Crippen molar-refractivity contribution in [3.63, 3.8) is 0 Å². The molecule has 0 amide bonds. The molecule has 1 aliphatic rings. The van der Waals surface area contributed by atoms with Crippen LogP contribution in [-0.2, 0) is 15.7 Å². The molecule has 2 rings (SSSR count). The van der Waals surface area contributed by atoms with Gasteiger partial charge in [0, 0.05) is 11.8 Å². The van der Waals surface area contributed by atoms with Crippen LogP contribution in [0.15, 0.2) is 12.1 Å². The maximum atomic E-state index is 12.5. The molecule has 2 heterocycles. The summed E-state index contributed by atoms with van der Waals surface area (Å²) in [5.74, 6) is -0.179. The Balaban J connectivity index is 2.01. The molecule has 106 valence electrons. The fraction of sp³-hybridized carbons (Fsp3) is 0.545. The Hall–Kier alpha value is -1.54. The minimum absolute atomic E-state index is 0.0573. The zero-order valence-corrected chi connectivity index (χ0v) is 9.94. The first-order valence-corrected chi connectivity index (χ1v) is 5.62. The van der Waals surface area contributed by atoms with Gasteiger partial charge in [0.1, 0.15) is 12.7 Å². The van der Waals surface area contributed by atoms with Gasteiger partial charge < -0.3 is 19.9 Å². The van der Waals surface area contributed by atoms with Crippen LogP contribution < -0.4 is 10.5 Å². The highest BCUT2D eigenvalue weighted by molar-refractivity contribution is 5.43. The summed E-state index contributed by atoms with van der Waals surface area (Å²) in [6, 6.07) is 1.99. The monoisotopic (exact) mass is 278 g/mol. The minimum Gasteiger partial charge on any atom is -0.475 e. The molecule has 1 atom stereocenters. The number of pyridine rings is 1. The Kier molecular flexibility index (Phi) is 4.11. The van der Waals surface area contributed by atoms with E-state index in [4.69, 9.17) is 19.9 Å². The predicted octanol–water partition coefficient (Wildman–Crippen LogP) is 1.48. The van der Waals surface area contributed by atoms with E-state index in [9.17, 15) is 13.2 Å². The third kappa shape index (κ3) is 3.97. The molecule has 1 fully saturated rings. The van der Waals surface area contributed by atoms with Crippen LogP contribution in [0.3, 0.4) is 0 Å². The highest BCUT2D eigenvalue weighted by Crippen LogP contribution is 2.30. The third-order valence-electron chi connectivity index (χ3n) is 2.42. The quantitative estimate of drug-likeness (QED) is 0.907. The largest absolute Gasteiger partial charge is 0.475 e. The van der Waals surface area contributed by atoms with E-state index in [-0.39, 0.29) is 24.3 Å². The highest BCUT2D eigenvalue weighted by Gasteiger charge is 2.33. The minimum atomic E-state index is -4.56. The summed E-state index contributed by atoms with van der Waals surface area (Å²) < 4.78 is 53.2. The topological polar surface area (TPSA) is 66.6 Å². The van der Waals surface area contributed by atoms with Crippen LogP contribution in [0.2, 0.25) is 0 Å². The summed E-state index contributed by atoms with van der Waals surface area (Å²) >= 11 is 0. The van der Waals surface area contributed by atoms with E-state index in [1.54, 1.807) is 0 Å². The number of hydrogen-bond acceptors (Lipinski definition) is 5. The van der Waals surface area contributed by atoms with Gasteiger partial charge >= 0.3 is 6.18 Å². The second-order valence-corrected chi connectivity index (χ2v) is 4.00. The van der Waals surface area contributed by atoms with E-state index in [0.29, 0.717) is 19.8 Å². The molecule has 19 heavy (non-hydrogen) atoms. The lowest BCUT2D eigenvalue weighted by Crippen LogP contribution is -2.33. The molecule has 1 aromatic heterocycles. The smallest absolute Gasteiger partial charge is 0.433 e. The van der Waals surface area contributed by atoms with Gasteiger partial charge in [0.2, 0.25) is 5.88 Å². The second-order valence-electron chi connectivity index (χ2n) is 4.00. The molecule has 0 bridgehead atoms. The van der Waals surface area contributed by atoms with Crippen molar-refractivity contribution in [2.24, 2.45) is 0 Å². The summed E-state index contributed by atoms with van der Waals surface area (Å²) in [5.41, 5.74) is 4.25. The normalized spacial score (nSPS) is 20.3. The Labute approximate surface area is 107 Å².